The molecule has 1 aromatic heterocycles. The summed E-state index contributed by atoms with van der Waals surface area (Å²) in [6, 6.07) is 5.19. The van der Waals surface area contributed by atoms with Crippen molar-refractivity contribution in [2.24, 2.45) is 0 Å². The summed E-state index contributed by atoms with van der Waals surface area (Å²) in [7, 11) is 0. The normalized spacial score (nSPS) is 11.5. The molecule has 2 rings (SSSR count). The van der Waals surface area contributed by atoms with E-state index < -0.39 is 18.3 Å². The van der Waals surface area contributed by atoms with Crippen LogP contribution in [0.25, 0.3) is 0 Å². The monoisotopic (exact) mass is 361 g/mol. The summed E-state index contributed by atoms with van der Waals surface area (Å²) in [4.78, 5) is 3.91. The van der Waals surface area contributed by atoms with Gasteiger partial charge in [0, 0.05) is 22.4 Å². The van der Waals surface area contributed by atoms with Crippen LogP contribution < -0.4 is 4.74 Å². The highest BCUT2D eigenvalue weighted by atomic mass is 79.9. The van der Waals surface area contributed by atoms with Gasteiger partial charge in [0.2, 0.25) is 0 Å². The third-order valence-electron chi connectivity index (χ3n) is 2.69. The maximum absolute atomic E-state index is 13.0. The number of ether oxygens (including phenoxy) is 1. The van der Waals surface area contributed by atoms with Gasteiger partial charge in [-0.1, -0.05) is 6.07 Å². The minimum atomic E-state index is -4.55. The molecule has 112 valence electrons. The van der Waals surface area contributed by atoms with Crippen LogP contribution in [-0.2, 0) is 19.4 Å². The first-order chi connectivity index (χ1) is 9.90. The minimum Gasteiger partial charge on any atom is -0.488 e. The lowest BCUT2D eigenvalue weighted by Gasteiger charge is -2.15. The fourth-order valence-electron chi connectivity index (χ4n) is 1.72. The average Bonchev–Trinajstić information content (AvgIpc) is 2.44. The predicted octanol–water partition coefficient (Wildman–Crippen LogP) is 3.93. The quantitative estimate of drug-likeness (QED) is 0.896. The third kappa shape index (κ3) is 4.18. The molecule has 21 heavy (non-hydrogen) atoms. The number of hydrogen-bond donors (Lipinski definition) is 1. The van der Waals surface area contributed by atoms with Crippen LogP contribution in [0, 0.1) is 0 Å². The summed E-state index contributed by atoms with van der Waals surface area (Å²) < 4.78 is 44.9. The largest absolute Gasteiger partial charge is 0.488 e. The summed E-state index contributed by atoms with van der Waals surface area (Å²) in [6.07, 6.45) is -1.46. The number of aromatic nitrogens is 1. The van der Waals surface area contributed by atoms with Gasteiger partial charge in [-0.25, -0.2) is 0 Å². The Hall–Kier alpha value is -1.60. The second kappa shape index (κ2) is 6.44. The van der Waals surface area contributed by atoms with Crippen molar-refractivity contribution in [1.29, 1.82) is 0 Å². The average molecular weight is 362 g/mol. The molecule has 2 aromatic rings. The molecule has 3 nitrogen and oxygen atoms in total. The van der Waals surface area contributed by atoms with Crippen LogP contribution in [0.3, 0.4) is 0 Å². The van der Waals surface area contributed by atoms with E-state index in [1.54, 1.807) is 12.3 Å². The predicted molar refractivity (Wildman–Crippen MR) is 73.6 cm³/mol. The minimum absolute atomic E-state index is 0.0337. The molecule has 0 unspecified atom stereocenters. The van der Waals surface area contributed by atoms with Gasteiger partial charge in [-0.3, -0.25) is 4.98 Å². The molecular formula is C14H11BrF3NO2. The zero-order chi connectivity index (χ0) is 15.5. The Morgan fingerprint density at radius 2 is 1.90 bits per heavy atom. The lowest BCUT2D eigenvalue weighted by Crippen LogP contribution is -2.09. The van der Waals surface area contributed by atoms with Crippen molar-refractivity contribution in [3.05, 3.63) is 57.8 Å². The Morgan fingerprint density at radius 1 is 1.14 bits per heavy atom. The van der Waals surface area contributed by atoms with Gasteiger partial charge in [-0.15, -0.1) is 0 Å². The first kappa shape index (κ1) is 15.8. The van der Waals surface area contributed by atoms with Crippen molar-refractivity contribution in [3.63, 3.8) is 0 Å². The fourth-order valence-corrected chi connectivity index (χ4v) is 2.13. The summed E-state index contributed by atoms with van der Waals surface area (Å²) in [5, 5.41) is 8.94. The number of benzene rings is 1. The molecule has 7 heteroatoms. The van der Waals surface area contributed by atoms with Gasteiger partial charge in [-0.2, -0.15) is 13.2 Å². The molecule has 0 atom stereocenters. The van der Waals surface area contributed by atoms with Crippen LogP contribution in [0.1, 0.15) is 16.7 Å². The third-order valence-corrected chi connectivity index (χ3v) is 3.12. The van der Waals surface area contributed by atoms with E-state index in [0.717, 1.165) is 10.5 Å². The Balaban J connectivity index is 2.23. The molecule has 0 amide bonds. The Morgan fingerprint density at radius 3 is 2.52 bits per heavy atom. The summed E-state index contributed by atoms with van der Waals surface area (Å²) in [5.74, 6) is -0.278. The van der Waals surface area contributed by atoms with Crippen LogP contribution in [0.15, 0.2) is 41.1 Å². The van der Waals surface area contributed by atoms with Crippen LogP contribution in [-0.4, -0.2) is 10.1 Å². The number of pyridine rings is 1. The first-order valence-corrected chi connectivity index (χ1v) is 6.72. The molecule has 1 heterocycles. The molecule has 0 aliphatic carbocycles. The maximum atomic E-state index is 13.0. The highest BCUT2D eigenvalue weighted by molar-refractivity contribution is 9.10. The molecule has 0 aliphatic heterocycles. The number of alkyl halides is 3. The number of aliphatic hydroxyl groups excluding tert-OH is 1. The summed E-state index contributed by atoms with van der Waals surface area (Å²) in [6.45, 7) is -0.493. The zero-order valence-electron chi connectivity index (χ0n) is 10.7. The molecule has 0 bridgehead atoms. The van der Waals surface area contributed by atoms with Crippen molar-refractivity contribution in [2.45, 2.75) is 19.4 Å². The van der Waals surface area contributed by atoms with E-state index in [4.69, 9.17) is 9.84 Å². The van der Waals surface area contributed by atoms with Crippen LogP contribution in [0.4, 0.5) is 13.2 Å². The van der Waals surface area contributed by atoms with E-state index in [9.17, 15) is 13.2 Å². The topological polar surface area (TPSA) is 42.4 Å². The molecule has 1 aromatic carbocycles. The van der Waals surface area contributed by atoms with Gasteiger partial charge in [0.1, 0.15) is 12.4 Å². The number of aliphatic hydroxyl groups is 1. The van der Waals surface area contributed by atoms with E-state index in [1.807, 2.05) is 0 Å². The molecule has 0 saturated carbocycles. The van der Waals surface area contributed by atoms with Gasteiger partial charge >= 0.3 is 6.18 Å². The molecule has 0 radical (unpaired) electrons. The van der Waals surface area contributed by atoms with Crippen molar-refractivity contribution in [3.8, 4) is 5.75 Å². The van der Waals surface area contributed by atoms with E-state index in [0.29, 0.717) is 5.56 Å². The first-order valence-electron chi connectivity index (χ1n) is 5.93. The standard InChI is InChI=1S/C14H11BrF3NO2/c15-11-3-10(5-19-6-11)8-21-13-2-1-9(7-20)4-12(13)14(16,17)18/h1-6,20H,7-8H2. The molecule has 0 aliphatic rings. The van der Waals surface area contributed by atoms with Gasteiger partial charge in [0.25, 0.3) is 0 Å². The van der Waals surface area contributed by atoms with Gasteiger partial charge in [0.05, 0.1) is 12.2 Å². The molecular weight excluding hydrogens is 351 g/mol. The van der Waals surface area contributed by atoms with Gasteiger partial charge in [-0.05, 0) is 39.7 Å². The van der Waals surface area contributed by atoms with Crippen LogP contribution in [0.2, 0.25) is 0 Å². The van der Waals surface area contributed by atoms with Crippen LogP contribution in [0.5, 0.6) is 5.75 Å². The Bertz CT molecular complexity index is 632. The second-order valence-electron chi connectivity index (χ2n) is 4.29. The summed E-state index contributed by atoms with van der Waals surface area (Å²) >= 11 is 3.23. The van der Waals surface area contributed by atoms with Gasteiger partial charge < -0.3 is 9.84 Å². The Labute approximate surface area is 127 Å². The number of halogens is 4. The fraction of sp³-hybridized carbons (Fsp3) is 0.214. The van der Waals surface area contributed by atoms with E-state index in [-0.39, 0.29) is 17.9 Å². The molecule has 0 fully saturated rings. The Kier molecular flexibility index (Phi) is 4.84. The number of rotatable bonds is 4. The van der Waals surface area contributed by atoms with Crippen LogP contribution >= 0.6 is 15.9 Å². The lowest BCUT2D eigenvalue weighted by atomic mass is 10.1. The lowest BCUT2D eigenvalue weighted by molar-refractivity contribution is -0.139. The number of hydrogen-bond acceptors (Lipinski definition) is 3. The highest BCUT2D eigenvalue weighted by Gasteiger charge is 2.34. The zero-order valence-corrected chi connectivity index (χ0v) is 12.3. The maximum Gasteiger partial charge on any atom is 0.419 e. The SMILES string of the molecule is OCc1ccc(OCc2cncc(Br)c2)c(C(F)(F)F)c1. The molecule has 0 saturated heterocycles. The summed E-state index contributed by atoms with van der Waals surface area (Å²) in [5.41, 5.74) is -0.0838. The van der Waals surface area contributed by atoms with E-state index >= 15 is 0 Å². The van der Waals surface area contributed by atoms with E-state index in [1.165, 1.54) is 18.3 Å². The van der Waals surface area contributed by atoms with Crippen molar-refractivity contribution < 1.29 is 23.0 Å². The van der Waals surface area contributed by atoms with Crippen molar-refractivity contribution in [2.75, 3.05) is 0 Å². The molecule has 0 spiro atoms. The smallest absolute Gasteiger partial charge is 0.419 e. The molecule has 1 N–H and O–H groups in total. The second-order valence-corrected chi connectivity index (χ2v) is 5.20. The van der Waals surface area contributed by atoms with Gasteiger partial charge in [0.15, 0.2) is 0 Å². The van der Waals surface area contributed by atoms with E-state index in [2.05, 4.69) is 20.9 Å². The number of nitrogens with zero attached hydrogens (tertiary/aromatic N) is 1. The highest BCUT2D eigenvalue weighted by Crippen LogP contribution is 2.37. The van der Waals surface area contributed by atoms with Crippen molar-refractivity contribution >= 4 is 15.9 Å². The van der Waals surface area contributed by atoms with Crippen molar-refractivity contribution in [1.82, 2.24) is 4.98 Å².